The molecular weight excluding hydrogens is 753 g/mol. The number of nitrogens with zero attached hydrogens (tertiary/aromatic N) is 5. The monoisotopic (exact) mass is 801 g/mol. The summed E-state index contributed by atoms with van der Waals surface area (Å²) in [6.45, 7) is 13.0. The first-order chi connectivity index (χ1) is 26.8. The van der Waals surface area contributed by atoms with Crippen molar-refractivity contribution in [1.29, 1.82) is 0 Å². The van der Waals surface area contributed by atoms with Gasteiger partial charge in [-0.3, -0.25) is 14.7 Å². The third-order valence-corrected chi connectivity index (χ3v) is 11.5. The highest BCUT2D eigenvalue weighted by Crippen LogP contribution is 2.44. The molecule has 0 aliphatic carbocycles. The van der Waals surface area contributed by atoms with E-state index in [0.717, 1.165) is 72.4 Å². The second-order valence-corrected chi connectivity index (χ2v) is 16.8. The predicted molar refractivity (Wildman–Crippen MR) is 217 cm³/mol. The van der Waals surface area contributed by atoms with Gasteiger partial charge in [-0.2, -0.15) is 0 Å². The number of likely N-dealkylation sites (tertiary alicyclic amines) is 2. The second kappa shape index (κ2) is 16.2. The average molecular weight is 803 g/mol. The molecule has 56 heavy (non-hydrogen) atoms. The van der Waals surface area contributed by atoms with E-state index in [1.54, 1.807) is 32.2 Å². The summed E-state index contributed by atoms with van der Waals surface area (Å²) in [6, 6.07) is 17.4. The van der Waals surface area contributed by atoms with Crippen molar-refractivity contribution < 1.29 is 28.5 Å². The van der Waals surface area contributed by atoms with Crippen LogP contribution in [-0.4, -0.2) is 102 Å². The molecule has 3 fully saturated rings. The van der Waals surface area contributed by atoms with Gasteiger partial charge >= 0.3 is 6.09 Å². The van der Waals surface area contributed by atoms with Crippen LogP contribution < -0.4 is 9.47 Å². The lowest BCUT2D eigenvalue weighted by Gasteiger charge is -2.60. The van der Waals surface area contributed by atoms with E-state index in [0.29, 0.717) is 59.4 Å². The fraction of sp³-hybridized carbons (Fsp3) is 0.442. The zero-order valence-corrected chi connectivity index (χ0v) is 34.4. The van der Waals surface area contributed by atoms with Crippen LogP contribution in [0.2, 0.25) is 10.0 Å². The van der Waals surface area contributed by atoms with Gasteiger partial charge in [-0.1, -0.05) is 59.6 Å². The minimum absolute atomic E-state index is 0.0159. The van der Waals surface area contributed by atoms with Crippen molar-refractivity contribution in [3.63, 3.8) is 0 Å². The van der Waals surface area contributed by atoms with Crippen LogP contribution in [0.5, 0.6) is 11.6 Å². The van der Waals surface area contributed by atoms with Crippen molar-refractivity contribution in [2.45, 2.75) is 65.3 Å². The Morgan fingerprint density at radius 2 is 1.61 bits per heavy atom. The number of rotatable bonds is 10. The van der Waals surface area contributed by atoms with Gasteiger partial charge in [0.05, 0.1) is 42.2 Å². The van der Waals surface area contributed by atoms with Crippen LogP contribution in [0.15, 0.2) is 60.8 Å². The Bertz CT molecular complexity index is 2100. The number of aromatic nitrogens is 2. The van der Waals surface area contributed by atoms with Gasteiger partial charge in [-0.15, -0.1) is 0 Å². The normalized spacial score (nSPS) is 16.9. The molecule has 0 N–H and O–H groups in total. The van der Waals surface area contributed by atoms with Crippen molar-refractivity contribution in [2.75, 3.05) is 53.6 Å². The number of carbonyl (C=O) groups excluding carboxylic acids is 2. The van der Waals surface area contributed by atoms with Crippen LogP contribution >= 0.6 is 23.2 Å². The molecule has 0 saturated carbocycles. The van der Waals surface area contributed by atoms with Gasteiger partial charge < -0.3 is 28.7 Å². The third kappa shape index (κ3) is 8.32. The highest BCUT2D eigenvalue weighted by Gasteiger charge is 2.52. The molecule has 3 aliphatic heterocycles. The van der Waals surface area contributed by atoms with E-state index in [9.17, 15) is 9.59 Å². The third-order valence-electron chi connectivity index (χ3n) is 10.8. The molecule has 3 saturated heterocycles. The molecule has 0 unspecified atom stereocenters. The highest BCUT2D eigenvalue weighted by atomic mass is 35.5. The molecule has 2 aromatic heterocycles. The van der Waals surface area contributed by atoms with Crippen LogP contribution in [0.1, 0.15) is 51.7 Å². The maximum absolute atomic E-state index is 13.4. The Balaban J connectivity index is 1.11. The summed E-state index contributed by atoms with van der Waals surface area (Å²) >= 11 is 14.3. The van der Waals surface area contributed by atoms with Crippen molar-refractivity contribution in [2.24, 2.45) is 5.41 Å². The fourth-order valence-electron chi connectivity index (χ4n) is 8.01. The Hall–Kier alpha value is -4.42. The molecule has 4 aromatic rings. The fourth-order valence-corrected chi connectivity index (χ4v) is 8.66. The SMILES string of the molecule is COc1cc(-c2nccc(-c3cccc(-c4ccc(CN5CC6(C5)CN(C(C)=O)C6)c(OC)n4)c3Cl)c2Cl)ccc1CN(C(=O)OC(C)(C)C)C1CCOCC1. The number of hydrogen-bond donors (Lipinski definition) is 0. The number of pyridine rings is 2. The Morgan fingerprint density at radius 3 is 2.29 bits per heavy atom. The van der Waals surface area contributed by atoms with Crippen LogP contribution in [-0.2, 0) is 27.4 Å². The standard InChI is InChI=1S/C43H49Cl2N5O6/c1-27(51)49-25-43(26-49)23-48(24-43)21-30-12-13-35(47-40(30)54-6)34-9-7-8-32(37(34)44)33-14-17-46-39(38(33)45)28-10-11-29(36(20-28)53-5)22-50(31-15-18-55-19-16-31)41(52)56-42(2,3)4/h7-14,17,20,31H,15-16,18-19,21-26H2,1-6H3. The van der Waals surface area contributed by atoms with Crippen LogP contribution in [0.4, 0.5) is 4.79 Å². The van der Waals surface area contributed by atoms with Crippen LogP contribution in [0.25, 0.3) is 33.6 Å². The Kier molecular flexibility index (Phi) is 11.5. The smallest absolute Gasteiger partial charge is 0.410 e. The number of carbonyl (C=O) groups is 2. The molecule has 7 rings (SSSR count). The van der Waals surface area contributed by atoms with E-state index in [-0.39, 0.29) is 23.5 Å². The number of amides is 2. The topological polar surface area (TPSA) is 107 Å². The van der Waals surface area contributed by atoms with E-state index in [1.165, 1.54) is 0 Å². The number of benzene rings is 2. The average Bonchev–Trinajstić information content (AvgIpc) is 3.14. The number of hydrogen-bond acceptors (Lipinski definition) is 9. The molecule has 5 heterocycles. The lowest BCUT2D eigenvalue weighted by Crippen LogP contribution is -2.72. The van der Waals surface area contributed by atoms with E-state index >= 15 is 0 Å². The molecule has 3 aliphatic rings. The van der Waals surface area contributed by atoms with E-state index < -0.39 is 5.60 Å². The van der Waals surface area contributed by atoms with Gasteiger partial charge in [0.1, 0.15) is 11.4 Å². The summed E-state index contributed by atoms with van der Waals surface area (Å²) in [4.78, 5) is 40.7. The quantitative estimate of drug-likeness (QED) is 0.156. The number of methoxy groups -OCH3 is 2. The Labute approximate surface area is 338 Å². The molecular formula is C43H49Cl2N5O6. The molecule has 0 bridgehead atoms. The van der Waals surface area contributed by atoms with Crippen molar-refractivity contribution in [3.05, 3.63) is 82.0 Å². The number of ether oxygens (including phenoxy) is 4. The zero-order valence-electron chi connectivity index (χ0n) is 32.9. The summed E-state index contributed by atoms with van der Waals surface area (Å²) in [6.07, 6.45) is 2.81. The van der Waals surface area contributed by atoms with Gasteiger partial charge in [0.15, 0.2) is 0 Å². The molecule has 1 spiro atoms. The van der Waals surface area contributed by atoms with Gasteiger partial charge in [0.25, 0.3) is 0 Å². The first kappa shape index (κ1) is 39.8. The van der Waals surface area contributed by atoms with Crippen LogP contribution in [0, 0.1) is 5.41 Å². The largest absolute Gasteiger partial charge is 0.496 e. The van der Waals surface area contributed by atoms with Gasteiger partial charge in [-0.05, 0) is 51.8 Å². The van der Waals surface area contributed by atoms with E-state index in [4.69, 9.17) is 47.1 Å². The maximum Gasteiger partial charge on any atom is 0.410 e. The Morgan fingerprint density at radius 1 is 0.911 bits per heavy atom. The summed E-state index contributed by atoms with van der Waals surface area (Å²) in [7, 11) is 3.24. The molecule has 13 heteroatoms. The molecule has 2 aromatic carbocycles. The first-order valence-electron chi connectivity index (χ1n) is 19.0. The summed E-state index contributed by atoms with van der Waals surface area (Å²) in [5.41, 5.74) is 5.62. The van der Waals surface area contributed by atoms with Crippen molar-refractivity contribution >= 4 is 35.2 Å². The second-order valence-electron chi connectivity index (χ2n) is 16.1. The van der Waals surface area contributed by atoms with Gasteiger partial charge in [0.2, 0.25) is 11.8 Å². The number of halogens is 2. The van der Waals surface area contributed by atoms with Crippen molar-refractivity contribution in [3.8, 4) is 45.3 Å². The lowest BCUT2D eigenvalue weighted by atomic mass is 9.72. The lowest BCUT2D eigenvalue weighted by molar-refractivity contribution is -0.157. The highest BCUT2D eigenvalue weighted by molar-refractivity contribution is 6.39. The van der Waals surface area contributed by atoms with Crippen molar-refractivity contribution in [1.82, 2.24) is 24.7 Å². The molecule has 0 atom stereocenters. The molecule has 11 nitrogen and oxygen atoms in total. The summed E-state index contributed by atoms with van der Waals surface area (Å²) < 4.78 is 23.0. The maximum atomic E-state index is 13.4. The minimum atomic E-state index is -0.630. The predicted octanol–water partition coefficient (Wildman–Crippen LogP) is 8.38. The summed E-state index contributed by atoms with van der Waals surface area (Å²) in [5, 5.41) is 0.937. The molecule has 2 amide bonds. The van der Waals surface area contributed by atoms with Gasteiger partial charge in [0, 0.05) is 104 Å². The zero-order chi connectivity index (χ0) is 39.8. The van der Waals surface area contributed by atoms with Gasteiger partial charge in [-0.25, -0.2) is 9.78 Å². The summed E-state index contributed by atoms with van der Waals surface area (Å²) in [5.74, 6) is 1.29. The minimum Gasteiger partial charge on any atom is -0.496 e. The molecule has 296 valence electrons. The van der Waals surface area contributed by atoms with Crippen LogP contribution in [0.3, 0.4) is 0 Å². The van der Waals surface area contributed by atoms with E-state index in [2.05, 4.69) is 9.88 Å². The first-order valence-corrected chi connectivity index (χ1v) is 19.7. The molecule has 0 radical (unpaired) electrons. The van der Waals surface area contributed by atoms with E-state index in [1.807, 2.05) is 80.3 Å².